The number of aromatic hydroxyl groups is 1. The number of carboxylic acids is 1. The second kappa shape index (κ2) is 9.14. The van der Waals surface area contributed by atoms with Crippen LogP contribution in [-0.4, -0.2) is 26.9 Å². The Morgan fingerprint density at radius 2 is 1.69 bits per heavy atom. The predicted molar refractivity (Wildman–Crippen MR) is 121 cm³/mol. The van der Waals surface area contributed by atoms with Gasteiger partial charge in [0.25, 0.3) is 0 Å². The Morgan fingerprint density at radius 1 is 0.906 bits per heavy atom. The monoisotopic (exact) mass is 425 g/mol. The molecule has 0 aliphatic carbocycles. The fourth-order valence-electron chi connectivity index (χ4n) is 3.23. The van der Waals surface area contributed by atoms with Crippen LogP contribution in [0.5, 0.6) is 11.5 Å². The van der Waals surface area contributed by atoms with E-state index in [2.05, 4.69) is 4.98 Å². The zero-order valence-corrected chi connectivity index (χ0v) is 16.9. The smallest absolute Gasteiger partial charge is 0.339 e. The minimum Gasteiger partial charge on any atom is -0.506 e. The summed E-state index contributed by atoms with van der Waals surface area (Å²) in [6, 6.07) is 23.0. The van der Waals surface area contributed by atoms with E-state index in [9.17, 15) is 14.7 Å². The summed E-state index contributed by atoms with van der Waals surface area (Å²) >= 11 is 0. The van der Waals surface area contributed by atoms with Gasteiger partial charge in [-0.3, -0.25) is 4.79 Å². The van der Waals surface area contributed by atoms with E-state index in [1.165, 1.54) is 24.3 Å². The molecule has 1 aromatic heterocycles. The number of hydrogen-bond donors (Lipinski definition) is 2. The lowest BCUT2D eigenvalue weighted by Gasteiger charge is -2.07. The van der Waals surface area contributed by atoms with Gasteiger partial charge in [-0.15, -0.1) is 0 Å². The molecule has 0 saturated heterocycles. The molecule has 32 heavy (non-hydrogen) atoms. The van der Waals surface area contributed by atoms with E-state index in [-0.39, 0.29) is 11.1 Å². The molecule has 0 unspecified atom stereocenters. The zero-order chi connectivity index (χ0) is 22.5. The third-order valence-corrected chi connectivity index (χ3v) is 4.86. The Bertz CT molecular complexity index is 1340. The van der Waals surface area contributed by atoms with Crippen LogP contribution in [0.15, 0.2) is 84.9 Å². The van der Waals surface area contributed by atoms with Crippen molar-refractivity contribution in [2.45, 2.75) is 6.61 Å². The Balaban J connectivity index is 1.45. The van der Waals surface area contributed by atoms with Crippen LogP contribution < -0.4 is 4.74 Å². The molecule has 4 rings (SSSR count). The number of phenols is 1. The highest BCUT2D eigenvalue weighted by atomic mass is 16.5. The van der Waals surface area contributed by atoms with Gasteiger partial charge in [-0.05, 0) is 48.0 Å². The van der Waals surface area contributed by atoms with Gasteiger partial charge in [-0.25, -0.2) is 9.78 Å². The van der Waals surface area contributed by atoms with Crippen molar-refractivity contribution < 1.29 is 24.5 Å². The number of carboxylic acid groups (broad SMARTS) is 1. The van der Waals surface area contributed by atoms with Crippen molar-refractivity contribution in [2.75, 3.05) is 0 Å². The van der Waals surface area contributed by atoms with Gasteiger partial charge in [0, 0.05) is 5.39 Å². The Morgan fingerprint density at radius 3 is 2.53 bits per heavy atom. The van der Waals surface area contributed by atoms with Gasteiger partial charge in [0.15, 0.2) is 5.78 Å². The second-order valence-corrected chi connectivity index (χ2v) is 7.06. The van der Waals surface area contributed by atoms with Crippen molar-refractivity contribution in [3.8, 4) is 11.5 Å². The van der Waals surface area contributed by atoms with Gasteiger partial charge in [-0.1, -0.05) is 48.5 Å². The Labute approximate surface area is 184 Å². The van der Waals surface area contributed by atoms with Crippen LogP contribution in [0.3, 0.4) is 0 Å². The lowest BCUT2D eigenvalue weighted by molar-refractivity contribution is 0.0693. The SMILES string of the molecule is O=C(O)c1cccc(C(=O)C=Cc2cccc(OCc3ccc4ccccc4n3)c2)c1O. The molecule has 0 atom stereocenters. The molecular weight excluding hydrogens is 406 g/mol. The Hall–Kier alpha value is -4.45. The van der Waals surface area contributed by atoms with Crippen LogP contribution in [-0.2, 0) is 6.61 Å². The van der Waals surface area contributed by atoms with Crippen molar-refractivity contribution >= 4 is 28.7 Å². The molecule has 6 nitrogen and oxygen atoms in total. The number of nitrogens with zero attached hydrogens (tertiary/aromatic N) is 1. The number of para-hydroxylation sites is 2. The fourth-order valence-corrected chi connectivity index (χ4v) is 3.23. The number of aromatic carboxylic acids is 1. The van der Waals surface area contributed by atoms with E-state index < -0.39 is 17.5 Å². The zero-order valence-electron chi connectivity index (χ0n) is 16.9. The number of aromatic nitrogens is 1. The van der Waals surface area contributed by atoms with Crippen molar-refractivity contribution in [3.63, 3.8) is 0 Å². The summed E-state index contributed by atoms with van der Waals surface area (Å²) in [5.41, 5.74) is 2.03. The van der Waals surface area contributed by atoms with Gasteiger partial charge in [-0.2, -0.15) is 0 Å². The molecule has 0 spiro atoms. The highest BCUT2D eigenvalue weighted by Gasteiger charge is 2.16. The largest absolute Gasteiger partial charge is 0.506 e. The molecule has 3 aromatic carbocycles. The van der Waals surface area contributed by atoms with Gasteiger partial charge in [0.05, 0.1) is 16.8 Å². The Kier molecular flexibility index (Phi) is 5.94. The molecule has 0 bridgehead atoms. The minimum absolute atomic E-state index is 0.0732. The molecule has 158 valence electrons. The first-order chi connectivity index (χ1) is 15.5. The first-order valence-corrected chi connectivity index (χ1v) is 9.86. The average molecular weight is 425 g/mol. The van der Waals surface area contributed by atoms with Crippen LogP contribution in [0, 0.1) is 0 Å². The van der Waals surface area contributed by atoms with Crippen LogP contribution in [0.1, 0.15) is 32.0 Å². The summed E-state index contributed by atoms with van der Waals surface area (Å²) < 4.78 is 5.85. The lowest BCUT2D eigenvalue weighted by atomic mass is 10.0. The number of fused-ring (bicyclic) bond motifs is 1. The maximum Gasteiger partial charge on any atom is 0.339 e. The highest BCUT2D eigenvalue weighted by Crippen LogP contribution is 2.24. The summed E-state index contributed by atoms with van der Waals surface area (Å²) in [5, 5.41) is 20.2. The number of pyridine rings is 1. The quantitative estimate of drug-likeness (QED) is 0.315. The third kappa shape index (κ3) is 4.65. The van der Waals surface area contributed by atoms with Gasteiger partial charge >= 0.3 is 5.97 Å². The van der Waals surface area contributed by atoms with E-state index >= 15 is 0 Å². The molecule has 2 N–H and O–H groups in total. The average Bonchev–Trinajstić information content (AvgIpc) is 2.81. The van der Waals surface area contributed by atoms with Gasteiger partial charge in [0.1, 0.15) is 23.7 Å². The molecule has 0 aliphatic heterocycles. The normalized spacial score (nSPS) is 11.0. The maximum atomic E-state index is 12.4. The second-order valence-electron chi connectivity index (χ2n) is 7.06. The van der Waals surface area contributed by atoms with Crippen LogP contribution in [0.25, 0.3) is 17.0 Å². The molecule has 0 aliphatic rings. The van der Waals surface area contributed by atoms with Crippen molar-refractivity contribution in [3.05, 3.63) is 107 Å². The maximum absolute atomic E-state index is 12.4. The lowest BCUT2D eigenvalue weighted by Crippen LogP contribution is -2.02. The number of ether oxygens (including phenoxy) is 1. The number of hydrogen-bond acceptors (Lipinski definition) is 5. The molecule has 0 fully saturated rings. The number of carbonyl (C=O) groups is 2. The number of ketones is 1. The molecule has 4 aromatic rings. The highest BCUT2D eigenvalue weighted by molar-refractivity contribution is 6.10. The standard InChI is InChI=1S/C26H19NO5/c28-24(21-8-4-9-22(25(21)29)26(30)31)14-11-17-5-3-7-20(15-17)32-16-19-13-12-18-6-1-2-10-23(18)27-19/h1-15,29H,16H2,(H,30,31). The van der Waals surface area contributed by atoms with Crippen LogP contribution in [0.2, 0.25) is 0 Å². The molecule has 0 saturated carbocycles. The third-order valence-electron chi connectivity index (χ3n) is 4.86. The number of allylic oxidation sites excluding steroid dienone is 1. The van der Waals surface area contributed by atoms with Crippen LogP contribution >= 0.6 is 0 Å². The van der Waals surface area contributed by atoms with E-state index in [0.29, 0.717) is 12.4 Å². The summed E-state index contributed by atoms with van der Waals surface area (Å²) in [6.07, 6.45) is 2.86. The summed E-state index contributed by atoms with van der Waals surface area (Å²) in [4.78, 5) is 28.2. The number of carbonyl (C=O) groups excluding carboxylic acids is 1. The van der Waals surface area contributed by atoms with E-state index in [0.717, 1.165) is 22.2 Å². The molecule has 6 heteroatoms. The summed E-state index contributed by atoms with van der Waals surface area (Å²) in [5.74, 6) is -1.73. The number of rotatable bonds is 7. The predicted octanol–water partition coefficient (Wildman–Crippen LogP) is 5.11. The molecule has 1 heterocycles. The summed E-state index contributed by atoms with van der Waals surface area (Å²) in [6.45, 7) is 0.298. The van der Waals surface area contributed by atoms with E-state index in [4.69, 9.17) is 9.84 Å². The minimum atomic E-state index is -1.30. The fraction of sp³-hybridized carbons (Fsp3) is 0.0385. The van der Waals surface area contributed by atoms with Crippen LogP contribution in [0.4, 0.5) is 0 Å². The first kappa shape index (κ1) is 20.8. The van der Waals surface area contributed by atoms with Gasteiger partial charge in [0.2, 0.25) is 0 Å². The first-order valence-electron chi connectivity index (χ1n) is 9.86. The summed E-state index contributed by atoms with van der Waals surface area (Å²) in [7, 11) is 0. The van der Waals surface area contributed by atoms with Crippen molar-refractivity contribution in [2.24, 2.45) is 0 Å². The molecule has 0 amide bonds. The van der Waals surface area contributed by atoms with Crippen molar-refractivity contribution in [1.29, 1.82) is 0 Å². The molecule has 0 radical (unpaired) electrons. The van der Waals surface area contributed by atoms with Gasteiger partial charge < -0.3 is 14.9 Å². The number of benzene rings is 3. The van der Waals surface area contributed by atoms with E-state index in [1.54, 1.807) is 24.3 Å². The topological polar surface area (TPSA) is 96.7 Å². The van der Waals surface area contributed by atoms with Crippen molar-refractivity contribution in [1.82, 2.24) is 4.98 Å². The van der Waals surface area contributed by atoms with E-state index in [1.807, 2.05) is 42.5 Å². The molecular formula is C26H19NO5.